The maximum absolute atomic E-state index is 11.2. The number of ether oxygens (including phenoxy) is 1. The van der Waals surface area contributed by atoms with Crippen molar-refractivity contribution in [3.05, 3.63) is 41.0 Å². The number of fused-ring (bicyclic) bond motifs is 7. The van der Waals surface area contributed by atoms with Gasteiger partial charge in [-0.1, -0.05) is 0 Å². The normalized spacial score (nSPS) is 21.8. The Morgan fingerprint density at radius 2 is 1.79 bits per heavy atom. The molecule has 0 amide bonds. The minimum Gasteiger partial charge on any atom is -0.508 e. The van der Waals surface area contributed by atoms with E-state index in [1.165, 1.54) is 7.11 Å². The van der Waals surface area contributed by atoms with Crippen LogP contribution in [-0.2, 0) is 13.2 Å². The molecule has 0 aromatic heterocycles. The molecule has 0 unspecified atom stereocenters. The molecule has 28 heavy (non-hydrogen) atoms. The van der Waals surface area contributed by atoms with Gasteiger partial charge in [0.2, 0.25) is 0 Å². The Morgan fingerprint density at radius 1 is 1.04 bits per heavy atom. The van der Waals surface area contributed by atoms with Crippen LogP contribution in [0.5, 0.6) is 17.2 Å². The number of aromatic hydroxyl groups is 2. The van der Waals surface area contributed by atoms with Crippen LogP contribution >= 0.6 is 0 Å². The Hall–Kier alpha value is -2.54. The molecule has 3 aromatic carbocycles. The molecule has 1 saturated heterocycles. The Bertz CT molecular complexity index is 1110. The van der Waals surface area contributed by atoms with Gasteiger partial charge in [0.1, 0.15) is 5.75 Å². The predicted octanol–water partition coefficient (Wildman–Crippen LogP) is 2.92. The third-order valence-corrected chi connectivity index (χ3v) is 6.37. The van der Waals surface area contributed by atoms with Crippen LogP contribution in [0.15, 0.2) is 24.3 Å². The first-order valence-electron chi connectivity index (χ1n) is 9.57. The lowest BCUT2D eigenvalue weighted by atomic mass is 9.83. The van der Waals surface area contributed by atoms with Gasteiger partial charge in [-0.05, 0) is 76.3 Å². The molecular formula is C22H23NO5. The van der Waals surface area contributed by atoms with Crippen molar-refractivity contribution in [3.8, 4) is 17.2 Å². The third-order valence-electron chi connectivity index (χ3n) is 6.37. The summed E-state index contributed by atoms with van der Waals surface area (Å²) in [6.45, 7) is 1.37. The van der Waals surface area contributed by atoms with Crippen LogP contribution in [0.3, 0.4) is 0 Å². The Morgan fingerprint density at radius 3 is 2.54 bits per heavy atom. The van der Waals surface area contributed by atoms with E-state index in [9.17, 15) is 20.4 Å². The van der Waals surface area contributed by atoms with E-state index < -0.39 is 6.10 Å². The second-order valence-electron chi connectivity index (χ2n) is 7.77. The molecular weight excluding hydrogens is 358 g/mol. The molecule has 0 saturated carbocycles. The molecule has 0 radical (unpaired) electrons. The smallest absolute Gasteiger partial charge is 0.161 e. The Balaban J connectivity index is 1.94. The molecule has 2 aliphatic heterocycles. The number of hydrogen-bond donors (Lipinski definition) is 4. The summed E-state index contributed by atoms with van der Waals surface area (Å²) in [5.41, 5.74) is 2.25. The van der Waals surface area contributed by atoms with Gasteiger partial charge in [-0.3, -0.25) is 4.90 Å². The van der Waals surface area contributed by atoms with Gasteiger partial charge < -0.3 is 25.2 Å². The number of phenols is 2. The summed E-state index contributed by atoms with van der Waals surface area (Å²) in [4.78, 5) is 2.31. The SMILES string of the molecule is COc1cc2c3c(c4cc(O)c(CO)cc4c2cc1O)[C@@H](O)[C@H]1CCCN1C3. The summed E-state index contributed by atoms with van der Waals surface area (Å²) >= 11 is 0. The lowest BCUT2D eigenvalue weighted by Crippen LogP contribution is -2.39. The number of benzene rings is 3. The van der Waals surface area contributed by atoms with Crippen LogP contribution in [0.4, 0.5) is 0 Å². The fraction of sp³-hybridized carbons (Fsp3) is 0.364. The average Bonchev–Trinajstić information content (AvgIpc) is 3.16. The predicted molar refractivity (Wildman–Crippen MR) is 106 cm³/mol. The summed E-state index contributed by atoms with van der Waals surface area (Å²) in [6, 6.07) is 6.93. The standard InChI is InChI=1S/C22H23NO5/c1-28-20-8-14-13(6-19(20)26)12-5-11(10-24)18(25)7-15(12)21-16(14)9-23-4-2-3-17(23)22(21)27/h5-8,17,22,24-27H,2-4,9-10H2,1H3/t17-,22+/m1/s1. The first-order chi connectivity index (χ1) is 13.5. The highest BCUT2D eigenvalue weighted by atomic mass is 16.5. The van der Waals surface area contributed by atoms with Crippen molar-refractivity contribution in [1.29, 1.82) is 0 Å². The van der Waals surface area contributed by atoms with Crippen LogP contribution in [0, 0.1) is 0 Å². The third kappa shape index (κ3) is 2.32. The highest BCUT2D eigenvalue weighted by Gasteiger charge is 2.39. The van der Waals surface area contributed by atoms with E-state index in [2.05, 4.69) is 4.90 Å². The fourth-order valence-corrected chi connectivity index (χ4v) is 5.03. The van der Waals surface area contributed by atoms with Crippen molar-refractivity contribution in [1.82, 2.24) is 4.90 Å². The Labute approximate surface area is 162 Å². The zero-order valence-electron chi connectivity index (χ0n) is 15.6. The van der Waals surface area contributed by atoms with Crippen LogP contribution in [0.2, 0.25) is 0 Å². The van der Waals surface area contributed by atoms with Crippen molar-refractivity contribution >= 4 is 21.5 Å². The van der Waals surface area contributed by atoms with Crippen molar-refractivity contribution < 1.29 is 25.2 Å². The number of methoxy groups -OCH3 is 1. The molecule has 146 valence electrons. The monoisotopic (exact) mass is 381 g/mol. The summed E-state index contributed by atoms with van der Waals surface area (Å²) in [7, 11) is 1.52. The molecule has 3 aromatic rings. The molecule has 2 heterocycles. The molecule has 2 atom stereocenters. The van der Waals surface area contributed by atoms with Crippen molar-refractivity contribution in [3.63, 3.8) is 0 Å². The molecule has 5 rings (SSSR count). The number of rotatable bonds is 2. The van der Waals surface area contributed by atoms with Crippen molar-refractivity contribution in [2.45, 2.75) is 38.1 Å². The van der Waals surface area contributed by atoms with Crippen LogP contribution < -0.4 is 4.74 Å². The first kappa shape index (κ1) is 17.6. The average molecular weight is 381 g/mol. The van der Waals surface area contributed by atoms with Gasteiger partial charge in [-0.25, -0.2) is 0 Å². The van der Waals surface area contributed by atoms with E-state index in [4.69, 9.17) is 4.74 Å². The van der Waals surface area contributed by atoms with Crippen molar-refractivity contribution in [2.75, 3.05) is 13.7 Å². The first-order valence-corrected chi connectivity index (χ1v) is 9.57. The van der Waals surface area contributed by atoms with E-state index in [-0.39, 0.29) is 24.1 Å². The summed E-state index contributed by atoms with van der Waals surface area (Å²) < 4.78 is 5.33. The van der Waals surface area contributed by atoms with Gasteiger partial charge in [-0.15, -0.1) is 0 Å². The summed E-state index contributed by atoms with van der Waals surface area (Å²) in [6.07, 6.45) is 1.34. The number of aliphatic hydroxyl groups is 2. The number of phenolic OH excluding ortho intramolecular Hbond substituents is 1. The molecule has 0 aliphatic carbocycles. The van der Waals surface area contributed by atoms with Crippen LogP contribution in [0.1, 0.15) is 35.6 Å². The highest BCUT2D eigenvalue weighted by molar-refractivity contribution is 6.12. The second kappa shape index (κ2) is 6.24. The molecule has 0 bridgehead atoms. The second-order valence-corrected chi connectivity index (χ2v) is 7.77. The number of nitrogens with zero attached hydrogens (tertiary/aromatic N) is 1. The van der Waals surface area contributed by atoms with E-state index in [0.717, 1.165) is 52.1 Å². The maximum Gasteiger partial charge on any atom is 0.161 e. The van der Waals surface area contributed by atoms with Gasteiger partial charge >= 0.3 is 0 Å². The quantitative estimate of drug-likeness (QED) is 0.510. The van der Waals surface area contributed by atoms with Crippen molar-refractivity contribution in [2.24, 2.45) is 0 Å². The van der Waals surface area contributed by atoms with E-state index in [0.29, 0.717) is 17.9 Å². The molecule has 6 nitrogen and oxygen atoms in total. The maximum atomic E-state index is 11.2. The summed E-state index contributed by atoms with van der Waals surface area (Å²) in [5.74, 6) is 0.425. The van der Waals surface area contributed by atoms with Gasteiger partial charge in [-0.2, -0.15) is 0 Å². The molecule has 1 fully saturated rings. The molecule has 0 spiro atoms. The highest BCUT2D eigenvalue weighted by Crippen LogP contribution is 2.47. The van der Waals surface area contributed by atoms with E-state index in [1.54, 1.807) is 18.2 Å². The lowest BCUT2D eigenvalue weighted by molar-refractivity contribution is 0.0552. The van der Waals surface area contributed by atoms with Gasteiger partial charge in [0, 0.05) is 18.2 Å². The lowest BCUT2D eigenvalue weighted by Gasteiger charge is -2.37. The van der Waals surface area contributed by atoms with Gasteiger partial charge in [0.15, 0.2) is 11.5 Å². The Kier molecular flexibility index (Phi) is 3.91. The van der Waals surface area contributed by atoms with Crippen LogP contribution in [0.25, 0.3) is 21.5 Å². The largest absolute Gasteiger partial charge is 0.508 e. The van der Waals surface area contributed by atoms with E-state index in [1.807, 2.05) is 6.07 Å². The van der Waals surface area contributed by atoms with Gasteiger partial charge in [0.25, 0.3) is 0 Å². The fourth-order valence-electron chi connectivity index (χ4n) is 5.03. The number of aliphatic hydroxyl groups excluding tert-OH is 2. The van der Waals surface area contributed by atoms with E-state index >= 15 is 0 Å². The topological polar surface area (TPSA) is 93.4 Å². The minimum atomic E-state index is -0.655. The molecule has 6 heteroatoms. The number of hydrogen-bond acceptors (Lipinski definition) is 6. The zero-order valence-corrected chi connectivity index (χ0v) is 15.6. The zero-order chi connectivity index (χ0) is 19.6. The molecule has 2 aliphatic rings. The van der Waals surface area contributed by atoms with Crippen LogP contribution in [-0.4, -0.2) is 45.0 Å². The molecule has 4 N–H and O–H groups in total. The van der Waals surface area contributed by atoms with Gasteiger partial charge in [0.05, 0.1) is 19.8 Å². The summed E-state index contributed by atoms with van der Waals surface area (Å²) in [5, 5.41) is 44.9. The minimum absolute atomic E-state index is 0.00957.